The maximum Gasteiger partial charge on any atom is 0.224 e. The quantitative estimate of drug-likeness (QED) is 0.798. The summed E-state index contributed by atoms with van der Waals surface area (Å²) in [7, 11) is 0. The van der Waals surface area contributed by atoms with E-state index in [0.717, 1.165) is 18.4 Å². The average Bonchev–Trinajstić information content (AvgIpc) is 2.25. The van der Waals surface area contributed by atoms with Gasteiger partial charge in [-0.3, -0.25) is 4.79 Å². The zero-order chi connectivity index (χ0) is 11.4. The van der Waals surface area contributed by atoms with Crippen LogP contribution in [0.3, 0.4) is 0 Å². The number of nitrogens with one attached hydrogen (secondary N) is 1. The van der Waals surface area contributed by atoms with Crippen molar-refractivity contribution >= 4 is 5.91 Å². The van der Waals surface area contributed by atoms with Gasteiger partial charge in [0, 0.05) is 6.54 Å². The van der Waals surface area contributed by atoms with Crippen LogP contribution in [0.4, 0.5) is 0 Å². The third-order valence-corrected chi connectivity index (χ3v) is 3.31. The van der Waals surface area contributed by atoms with E-state index in [1.54, 1.807) is 0 Å². The summed E-state index contributed by atoms with van der Waals surface area (Å²) in [4.78, 5) is 11.8. The summed E-state index contributed by atoms with van der Waals surface area (Å²) in [5.41, 5.74) is 6.64. The molecule has 86 valence electrons. The highest BCUT2D eigenvalue weighted by Crippen LogP contribution is 2.30. The monoisotopic (exact) mass is 218 g/mol. The molecule has 0 bridgehead atoms. The van der Waals surface area contributed by atoms with Gasteiger partial charge in [-0.25, -0.2) is 0 Å². The van der Waals surface area contributed by atoms with E-state index in [0.29, 0.717) is 13.0 Å². The van der Waals surface area contributed by atoms with Crippen molar-refractivity contribution in [2.75, 3.05) is 6.54 Å². The molecule has 0 aliphatic heterocycles. The number of carbonyl (C=O) groups excluding carboxylic acids is 1. The topological polar surface area (TPSA) is 55.1 Å². The van der Waals surface area contributed by atoms with Gasteiger partial charge in [-0.2, -0.15) is 0 Å². The van der Waals surface area contributed by atoms with Gasteiger partial charge in [-0.15, -0.1) is 0 Å². The lowest BCUT2D eigenvalue weighted by atomic mass is 9.76. The normalized spacial score (nSPS) is 17.6. The van der Waals surface area contributed by atoms with Crippen LogP contribution in [0.1, 0.15) is 24.8 Å². The zero-order valence-corrected chi connectivity index (χ0v) is 9.41. The minimum atomic E-state index is -0.105. The summed E-state index contributed by atoms with van der Waals surface area (Å²) >= 11 is 0. The van der Waals surface area contributed by atoms with E-state index in [-0.39, 0.29) is 11.4 Å². The lowest BCUT2D eigenvalue weighted by Crippen LogP contribution is -2.58. The number of amides is 1. The van der Waals surface area contributed by atoms with Gasteiger partial charge in [0.1, 0.15) is 0 Å². The van der Waals surface area contributed by atoms with E-state index < -0.39 is 0 Å². The standard InChI is InChI=1S/C13H18N2O/c14-10-13(7-4-8-13)15-12(16)9-11-5-2-1-3-6-11/h1-3,5-6H,4,7-10,14H2,(H,15,16). The van der Waals surface area contributed by atoms with E-state index in [1.807, 2.05) is 30.3 Å². The Bertz CT molecular complexity index is 352. The molecule has 0 unspecified atom stereocenters. The van der Waals surface area contributed by atoms with Gasteiger partial charge < -0.3 is 11.1 Å². The second-order valence-corrected chi connectivity index (χ2v) is 4.55. The number of hydrogen-bond donors (Lipinski definition) is 2. The highest BCUT2D eigenvalue weighted by atomic mass is 16.1. The Morgan fingerprint density at radius 2 is 2.00 bits per heavy atom. The molecule has 0 saturated heterocycles. The molecule has 16 heavy (non-hydrogen) atoms. The maximum atomic E-state index is 11.8. The van der Waals surface area contributed by atoms with Crippen molar-refractivity contribution in [2.45, 2.75) is 31.2 Å². The molecule has 1 fully saturated rings. The van der Waals surface area contributed by atoms with Gasteiger partial charge in [0.25, 0.3) is 0 Å². The number of nitrogens with two attached hydrogens (primary N) is 1. The molecule has 0 radical (unpaired) electrons. The molecule has 0 heterocycles. The van der Waals surface area contributed by atoms with Crippen LogP contribution in [0.25, 0.3) is 0 Å². The van der Waals surface area contributed by atoms with Gasteiger partial charge in [-0.05, 0) is 24.8 Å². The van der Waals surface area contributed by atoms with Crippen LogP contribution in [-0.4, -0.2) is 18.0 Å². The van der Waals surface area contributed by atoms with E-state index >= 15 is 0 Å². The van der Waals surface area contributed by atoms with Crippen molar-refractivity contribution in [3.63, 3.8) is 0 Å². The smallest absolute Gasteiger partial charge is 0.224 e. The molecule has 3 nitrogen and oxygen atoms in total. The summed E-state index contributed by atoms with van der Waals surface area (Å²) in [6, 6.07) is 9.79. The Hall–Kier alpha value is -1.35. The van der Waals surface area contributed by atoms with E-state index in [4.69, 9.17) is 5.73 Å². The zero-order valence-electron chi connectivity index (χ0n) is 9.41. The Labute approximate surface area is 96.0 Å². The predicted molar refractivity (Wildman–Crippen MR) is 63.9 cm³/mol. The number of carbonyl (C=O) groups is 1. The average molecular weight is 218 g/mol. The van der Waals surface area contributed by atoms with Crippen molar-refractivity contribution in [3.8, 4) is 0 Å². The second-order valence-electron chi connectivity index (χ2n) is 4.55. The Balaban J connectivity index is 1.89. The summed E-state index contributed by atoms with van der Waals surface area (Å²) in [6.45, 7) is 0.549. The van der Waals surface area contributed by atoms with Crippen molar-refractivity contribution in [2.24, 2.45) is 5.73 Å². The predicted octanol–water partition coefficient (Wildman–Crippen LogP) is 1.23. The summed E-state index contributed by atoms with van der Waals surface area (Å²) in [5.74, 6) is 0.0800. The highest BCUT2D eigenvalue weighted by Gasteiger charge is 2.36. The molecule has 1 amide bonds. The summed E-state index contributed by atoms with van der Waals surface area (Å²) in [5, 5.41) is 3.06. The van der Waals surface area contributed by atoms with Gasteiger partial charge >= 0.3 is 0 Å². The fourth-order valence-electron chi connectivity index (χ4n) is 2.10. The Morgan fingerprint density at radius 3 is 2.50 bits per heavy atom. The first-order chi connectivity index (χ1) is 7.74. The fourth-order valence-corrected chi connectivity index (χ4v) is 2.10. The first-order valence-corrected chi connectivity index (χ1v) is 5.79. The summed E-state index contributed by atoms with van der Waals surface area (Å²) < 4.78 is 0. The highest BCUT2D eigenvalue weighted by molar-refractivity contribution is 5.79. The first kappa shape index (κ1) is 11.1. The van der Waals surface area contributed by atoms with Gasteiger partial charge in [0.2, 0.25) is 5.91 Å². The molecule has 1 aromatic carbocycles. The Morgan fingerprint density at radius 1 is 1.31 bits per heavy atom. The molecule has 1 saturated carbocycles. The molecule has 0 atom stereocenters. The van der Waals surface area contributed by atoms with Gasteiger partial charge in [-0.1, -0.05) is 30.3 Å². The van der Waals surface area contributed by atoms with Crippen molar-refractivity contribution < 1.29 is 4.79 Å². The number of hydrogen-bond acceptors (Lipinski definition) is 2. The van der Waals surface area contributed by atoms with E-state index in [1.165, 1.54) is 6.42 Å². The molecule has 1 aliphatic carbocycles. The lowest BCUT2D eigenvalue weighted by molar-refractivity contribution is -0.123. The van der Waals surface area contributed by atoms with Crippen LogP contribution in [0.2, 0.25) is 0 Å². The fraction of sp³-hybridized carbons (Fsp3) is 0.462. The Kier molecular flexibility index (Phi) is 3.25. The third-order valence-electron chi connectivity index (χ3n) is 3.31. The first-order valence-electron chi connectivity index (χ1n) is 5.79. The maximum absolute atomic E-state index is 11.8. The van der Waals surface area contributed by atoms with Crippen LogP contribution in [-0.2, 0) is 11.2 Å². The molecular formula is C13H18N2O. The van der Waals surface area contributed by atoms with Crippen molar-refractivity contribution in [3.05, 3.63) is 35.9 Å². The molecule has 1 aliphatic rings. The molecule has 3 N–H and O–H groups in total. The van der Waals surface area contributed by atoms with Crippen LogP contribution >= 0.6 is 0 Å². The van der Waals surface area contributed by atoms with Crippen LogP contribution in [0.5, 0.6) is 0 Å². The van der Waals surface area contributed by atoms with Crippen molar-refractivity contribution in [1.82, 2.24) is 5.32 Å². The molecular weight excluding hydrogens is 200 g/mol. The molecule has 1 aromatic rings. The van der Waals surface area contributed by atoms with Crippen molar-refractivity contribution in [1.29, 1.82) is 0 Å². The van der Waals surface area contributed by atoms with E-state index in [2.05, 4.69) is 5.32 Å². The van der Waals surface area contributed by atoms with Crippen LogP contribution in [0, 0.1) is 0 Å². The minimum absolute atomic E-state index is 0.0800. The van der Waals surface area contributed by atoms with E-state index in [9.17, 15) is 4.79 Å². The van der Waals surface area contributed by atoms with Crippen LogP contribution < -0.4 is 11.1 Å². The minimum Gasteiger partial charge on any atom is -0.349 e. The number of rotatable bonds is 4. The van der Waals surface area contributed by atoms with Crippen LogP contribution in [0.15, 0.2) is 30.3 Å². The molecule has 2 rings (SSSR count). The summed E-state index contributed by atoms with van der Waals surface area (Å²) in [6.07, 6.45) is 3.65. The molecule has 0 spiro atoms. The number of benzene rings is 1. The largest absolute Gasteiger partial charge is 0.349 e. The molecule has 0 aromatic heterocycles. The SMILES string of the molecule is NCC1(NC(=O)Cc2ccccc2)CCC1. The van der Waals surface area contributed by atoms with Gasteiger partial charge in [0.05, 0.1) is 12.0 Å². The lowest BCUT2D eigenvalue weighted by Gasteiger charge is -2.41. The molecule has 3 heteroatoms. The van der Waals surface area contributed by atoms with Gasteiger partial charge in [0.15, 0.2) is 0 Å². The second kappa shape index (κ2) is 4.66. The third kappa shape index (κ3) is 2.42.